The van der Waals surface area contributed by atoms with Gasteiger partial charge in [0.25, 0.3) is 0 Å². The quantitative estimate of drug-likeness (QED) is 0.238. The van der Waals surface area contributed by atoms with Crippen LogP contribution in [-0.4, -0.2) is 11.3 Å². The van der Waals surface area contributed by atoms with Gasteiger partial charge in [0.1, 0.15) is 0 Å². The summed E-state index contributed by atoms with van der Waals surface area (Å²) in [6.45, 7) is 0. The summed E-state index contributed by atoms with van der Waals surface area (Å²) < 4.78 is 0. The van der Waals surface area contributed by atoms with Gasteiger partial charge in [0.15, 0.2) is 0 Å². The van der Waals surface area contributed by atoms with Crippen LogP contribution in [-0.2, 0) is 0 Å². The van der Waals surface area contributed by atoms with Gasteiger partial charge < -0.3 is 0 Å². The van der Waals surface area contributed by atoms with Crippen LogP contribution < -0.4 is 21.2 Å². The average Bonchev–Trinajstić information content (AvgIpc) is 2.88. The number of hydrogen-bond donors (Lipinski definition) is 0. The Hall–Kier alpha value is -2.52. The number of benzene rings is 4. The molecule has 4 aromatic rings. The highest BCUT2D eigenvalue weighted by Crippen LogP contribution is 2.54. The smallest absolute Gasteiger partial charge is 0.0124 e. The van der Waals surface area contributed by atoms with Gasteiger partial charge in [-0.05, 0) is 55.6 Å². The third kappa shape index (κ3) is 4.63. The molecule has 0 heterocycles. The highest BCUT2D eigenvalue weighted by molar-refractivity contribution is 7.77. The Morgan fingerprint density at radius 2 is 0.844 bits per heavy atom. The molecule has 2 heteroatoms. The van der Waals surface area contributed by atoms with Gasteiger partial charge in [-0.2, -0.15) is 0 Å². The summed E-state index contributed by atoms with van der Waals surface area (Å²) in [6, 6.07) is 44.9. The first kappa shape index (κ1) is 21.3. The SMILES string of the molecule is C1=C[C@@H](P(c2ccccc2)c2ccccc2)[C@H](P(c2ccccc2)c2ccccc2)CC1. The van der Waals surface area contributed by atoms with Gasteiger partial charge >= 0.3 is 0 Å². The van der Waals surface area contributed by atoms with E-state index >= 15 is 0 Å². The van der Waals surface area contributed by atoms with E-state index in [1.54, 1.807) is 0 Å². The van der Waals surface area contributed by atoms with Crippen LogP contribution in [0.25, 0.3) is 0 Å². The van der Waals surface area contributed by atoms with Gasteiger partial charge in [0.2, 0.25) is 0 Å². The van der Waals surface area contributed by atoms with Crippen molar-refractivity contribution in [3.63, 3.8) is 0 Å². The number of allylic oxidation sites excluding steroid dienone is 2. The summed E-state index contributed by atoms with van der Waals surface area (Å²) in [5.74, 6) is 0. The molecule has 1 aliphatic rings. The van der Waals surface area contributed by atoms with E-state index in [1.807, 2.05) is 0 Å². The van der Waals surface area contributed by atoms with Crippen LogP contribution in [0.5, 0.6) is 0 Å². The second kappa shape index (κ2) is 10.4. The van der Waals surface area contributed by atoms with Crippen LogP contribution in [0, 0.1) is 0 Å². The Bertz CT molecular complexity index is 1050. The van der Waals surface area contributed by atoms with Gasteiger partial charge in [-0.25, -0.2) is 0 Å². The lowest BCUT2D eigenvalue weighted by Gasteiger charge is -2.40. The molecule has 0 bridgehead atoms. The molecular weight excluding hydrogens is 422 g/mol. The minimum Gasteiger partial charge on any atom is -0.0878 e. The zero-order chi connectivity index (χ0) is 21.6. The van der Waals surface area contributed by atoms with Gasteiger partial charge in [-0.1, -0.05) is 133 Å². The van der Waals surface area contributed by atoms with Gasteiger partial charge in [-0.3, -0.25) is 0 Å². The van der Waals surface area contributed by atoms with E-state index in [1.165, 1.54) is 34.1 Å². The van der Waals surface area contributed by atoms with Gasteiger partial charge in [0, 0.05) is 5.66 Å². The van der Waals surface area contributed by atoms with E-state index in [0.29, 0.717) is 11.3 Å². The Morgan fingerprint density at radius 1 is 0.469 bits per heavy atom. The molecule has 0 fully saturated rings. The molecule has 0 spiro atoms. The molecule has 4 aromatic carbocycles. The van der Waals surface area contributed by atoms with Crippen LogP contribution in [0.3, 0.4) is 0 Å². The Balaban J connectivity index is 1.64. The van der Waals surface area contributed by atoms with Crippen molar-refractivity contribution in [2.24, 2.45) is 0 Å². The van der Waals surface area contributed by atoms with Crippen LogP contribution in [0.1, 0.15) is 12.8 Å². The molecule has 0 saturated heterocycles. The van der Waals surface area contributed by atoms with Crippen LogP contribution in [0.2, 0.25) is 0 Å². The predicted octanol–water partition coefficient (Wildman–Crippen LogP) is 6.34. The first-order valence-corrected chi connectivity index (χ1v) is 14.2. The zero-order valence-electron chi connectivity index (χ0n) is 18.2. The summed E-state index contributed by atoms with van der Waals surface area (Å²) in [4.78, 5) is 0. The highest BCUT2D eigenvalue weighted by atomic mass is 31.1. The molecular formula is C30H28P2. The molecule has 158 valence electrons. The van der Waals surface area contributed by atoms with Crippen molar-refractivity contribution in [1.29, 1.82) is 0 Å². The largest absolute Gasteiger partial charge is 0.0878 e. The lowest BCUT2D eigenvalue weighted by atomic mass is 10.1. The second-order valence-electron chi connectivity index (χ2n) is 8.15. The molecule has 0 saturated carbocycles. The summed E-state index contributed by atoms with van der Waals surface area (Å²) >= 11 is 0. The molecule has 1 aliphatic carbocycles. The number of hydrogen-bond acceptors (Lipinski definition) is 0. The summed E-state index contributed by atoms with van der Waals surface area (Å²) in [7, 11) is -0.949. The lowest BCUT2D eigenvalue weighted by molar-refractivity contribution is 0.750. The predicted molar refractivity (Wildman–Crippen MR) is 144 cm³/mol. The highest BCUT2D eigenvalue weighted by Gasteiger charge is 2.37. The van der Waals surface area contributed by atoms with Crippen molar-refractivity contribution in [3.05, 3.63) is 133 Å². The van der Waals surface area contributed by atoms with Crippen molar-refractivity contribution >= 4 is 37.1 Å². The van der Waals surface area contributed by atoms with Crippen molar-refractivity contribution in [1.82, 2.24) is 0 Å². The van der Waals surface area contributed by atoms with Crippen molar-refractivity contribution in [2.75, 3.05) is 0 Å². The van der Waals surface area contributed by atoms with Crippen molar-refractivity contribution < 1.29 is 0 Å². The molecule has 5 rings (SSSR count). The third-order valence-corrected chi connectivity index (χ3v) is 12.1. The Labute approximate surface area is 194 Å². The average molecular weight is 451 g/mol. The Kier molecular flexibility index (Phi) is 6.93. The maximum Gasteiger partial charge on any atom is 0.0124 e. The fraction of sp³-hybridized carbons (Fsp3) is 0.133. The van der Waals surface area contributed by atoms with Gasteiger partial charge in [-0.15, -0.1) is 0 Å². The lowest BCUT2D eigenvalue weighted by Crippen LogP contribution is -2.35. The topological polar surface area (TPSA) is 0 Å². The summed E-state index contributed by atoms with van der Waals surface area (Å²) in [5, 5.41) is 5.95. The van der Waals surface area contributed by atoms with Crippen molar-refractivity contribution in [3.8, 4) is 0 Å². The first-order chi connectivity index (χ1) is 15.9. The van der Waals surface area contributed by atoms with E-state index in [2.05, 4.69) is 133 Å². The van der Waals surface area contributed by atoms with Crippen molar-refractivity contribution in [2.45, 2.75) is 24.2 Å². The fourth-order valence-electron chi connectivity index (χ4n) is 4.72. The Morgan fingerprint density at radius 3 is 1.25 bits per heavy atom. The molecule has 0 aliphatic heterocycles. The van der Waals surface area contributed by atoms with E-state index in [4.69, 9.17) is 0 Å². The van der Waals surface area contributed by atoms with Crippen LogP contribution >= 0.6 is 15.8 Å². The zero-order valence-corrected chi connectivity index (χ0v) is 20.0. The monoisotopic (exact) mass is 450 g/mol. The minimum absolute atomic E-state index is 0.457. The number of rotatable bonds is 6. The molecule has 0 nitrogen and oxygen atoms in total. The molecule has 0 aromatic heterocycles. The molecule has 0 amide bonds. The van der Waals surface area contributed by atoms with E-state index in [-0.39, 0.29) is 0 Å². The molecule has 32 heavy (non-hydrogen) atoms. The van der Waals surface area contributed by atoms with E-state index in [9.17, 15) is 0 Å². The van der Waals surface area contributed by atoms with Crippen LogP contribution in [0.15, 0.2) is 133 Å². The minimum atomic E-state index is -0.492. The summed E-state index contributed by atoms with van der Waals surface area (Å²) in [6.07, 6.45) is 7.41. The summed E-state index contributed by atoms with van der Waals surface area (Å²) in [5.41, 5.74) is 1.14. The van der Waals surface area contributed by atoms with E-state index < -0.39 is 15.8 Å². The third-order valence-electron chi connectivity index (χ3n) is 6.12. The standard InChI is InChI=1S/C30H28P2/c1-5-15-25(16-6-1)31(26-17-7-2-8-18-26)29-23-13-14-24-30(29)32(27-19-9-3-10-20-27)28-21-11-4-12-22-28/h1-13,15-23,29-30H,14,24H2/t29-,30-/m1/s1. The van der Waals surface area contributed by atoms with Gasteiger partial charge in [0.05, 0.1) is 0 Å². The normalized spacial score (nSPS) is 18.2. The molecule has 0 radical (unpaired) electrons. The van der Waals surface area contributed by atoms with E-state index in [0.717, 1.165) is 0 Å². The fourth-order valence-corrected chi connectivity index (χ4v) is 11.1. The molecule has 2 atom stereocenters. The first-order valence-electron chi connectivity index (χ1n) is 11.4. The maximum atomic E-state index is 2.56. The second-order valence-corrected chi connectivity index (χ2v) is 13.0. The maximum absolute atomic E-state index is 2.56. The molecule has 0 N–H and O–H groups in total. The van der Waals surface area contributed by atoms with Crippen LogP contribution in [0.4, 0.5) is 0 Å². The molecule has 0 unspecified atom stereocenters.